The molecule has 0 heterocycles. The molecule has 0 bridgehead atoms. The van der Waals surface area contributed by atoms with E-state index in [0.29, 0.717) is 16.6 Å². The van der Waals surface area contributed by atoms with Crippen molar-refractivity contribution in [1.29, 1.82) is 0 Å². The van der Waals surface area contributed by atoms with Crippen LogP contribution in [0.4, 0.5) is 0 Å². The van der Waals surface area contributed by atoms with E-state index in [1.807, 2.05) is 0 Å². The Kier molecular flexibility index (Phi) is 5.84. The van der Waals surface area contributed by atoms with Crippen LogP contribution in [0.25, 0.3) is 0 Å². The van der Waals surface area contributed by atoms with Crippen molar-refractivity contribution in [2.24, 2.45) is 52.3 Å². The molecule has 0 radical (unpaired) electrons. The SMILES string of the molecule is CC(C)[C@H](C)CC[C@@H](C)[C@H]1CC[C@H]2[C@H]3CCC4=CC(=O)CC[C@@]4(C)[C@H]3CC[C@]12C. The van der Waals surface area contributed by atoms with Crippen molar-refractivity contribution in [3.63, 3.8) is 0 Å². The van der Waals surface area contributed by atoms with Crippen LogP contribution in [0.2, 0.25) is 0 Å². The minimum Gasteiger partial charge on any atom is -0.295 e. The molecule has 164 valence electrons. The zero-order valence-corrected chi connectivity index (χ0v) is 20.1. The Morgan fingerprint density at radius 2 is 1.69 bits per heavy atom. The highest BCUT2D eigenvalue weighted by molar-refractivity contribution is 5.91. The van der Waals surface area contributed by atoms with Gasteiger partial charge >= 0.3 is 0 Å². The molecule has 1 heteroatoms. The molecule has 0 spiro atoms. The minimum atomic E-state index is 0.328. The fraction of sp³-hybridized carbons (Fsp3) is 0.893. The number of carbonyl (C=O) groups excluding carboxylic acids is 1. The molecule has 8 atom stereocenters. The van der Waals surface area contributed by atoms with Crippen molar-refractivity contribution in [3.05, 3.63) is 11.6 Å². The molecule has 0 aliphatic heterocycles. The lowest BCUT2D eigenvalue weighted by molar-refractivity contribution is -0.117. The van der Waals surface area contributed by atoms with Crippen molar-refractivity contribution >= 4 is 5.78 Å². The van der Waals surface area contributed by atoms with Gasteiger partial charge in [-0.25, -0.2) is 0 Å². The molecule has 0 N–H and O–H groups in total. The van der Waals surface area contributed by atoms with E-state index >= 15 is 0 Å². The van der Waals surface area contributed by atoms with Gasteiger partial charge in [0, 0.05) is 6.42 Å². The Bertz CT molecular complexity index is 659. The summed E-state index contributed by atoms with van der Waals surface area (Å²) >= 11 is 0. The van der Waals surface area contributed by atoms with E-state index in [-0.39, 0.29) is 0 Å². The van der Waals surface area contributed by atoms with E-state index in [0.717, 1.165) is 54.3 Å². The molecular formula is C28H46O. The molecular weight excluding hydrogens is 352 g/mol. The standard InChI is InChI=1S/C28H46O/c1-18(2)19(3)7-8-20(4)24-11-12-25-23-10-9-21-17-22(29)13-15-27(21,5)26(23)14-16-28(24,25)6/h17-20,23-26H,7-16H2,1-6H3/t19-,20-,23-,24-,25+,26+,27-,28-/m1/s1. The van der Waals surface area contributed by atoms with Crippen molar-refractivity contribution in [2.75, 3.05) is 0 Å². The number of allylic oxidation sites excluding steroid dienone is 1. The van der Waals surface area contributed by atoms with E-state index in [9.17, 15) is 4.79 Å². The molecule has 29 heavy (non-hydrogen) atoms. The first-order chi connectivity index (χ1) is 13.7. The molecule has 0 amide bonds. The molecule has 4 aliphatic carbocycles. The third-order valence-corrected chi connectivity index (χ3v) is 10.9. The Balaban J connectivity index is 1.49. The molecule has 1 nitrogen and oxygen atoms in total. The molecule has 4 rings (SSSR count). The van der Waals surface area contributed by atoms with Crippen LogP contribution in [0.1, 0.15) is 106 Å². The third-order valence-electron chi connectivity index (χ3n) is 10.9. The summed E-state index contributed by atoms with van der Waals surface area (Å²) in [4.78, 5) is 12.0. The highest BCUT2D eigenvalue weighted by atomic mass is 16.1. The van der Waals surface area contributed by atoms with Crippen LogP contribution in [0.3, 0.4) is 0 Å². The van der Waals surface area contributed by atoms with Gasteiger partial charge in [0.15, 0.2) is 5.78 Å². The second kappa shape index (κ2) is 7.83. The van der Waals surface area contributed by atoms with Crippen molar-refractivity contribution in [1.82, 2.24) is 0 Å². The average molecular weight is 399 g/mol. The van der Waals surface area contributed by atoms with E-state index in [1.54, 1.807) is 0 Å². The second-order valence-electron chi connectivity index (χ2n) is 12.5. The Morgan fingerprint density at radius 3 is 2.41 bits per heavy atom. The third kappa shape index (κ3) is 3.57. The molecule has 3 fully saturated rings. The molecule has 0 aromatic rings. The summed E-state index contributed by atoms with van der Waals surface area (Å²) < 4.78 is 0. The first-order valence-corrected chi connectivity index (χ1v) is 12.9. The van der Waals surface area contributed by atoms with Crippen LogP contribution < -0.4 is 0 Å². The van der Waals surface area contributed by atoms with Gasteiger partial charge in [0.2, 0.25) is 0 Å². The van der Waals surface area contributed by atoms with Gasteiger partial charge in [0.25, 0.3) is 0 Å². The van der Waals surface area contributed by atoms with Gasteiger partial charge in [-0.05, 0) is 103 Å². The lowest BCUT2D eigenvalue weighted by Crippen LogP contribution is -2.51. The summed E-state index contributed by atoms with van der Waals surface area (Å²) in [6, 6.07) is 0. The summed E-state index contributed by atoms with van der Waals surface area (Å²) in [5.41, 5.74) is 2.42. The van der Waals surface area contributed by atoms with Gasteiger partial charge in [-0.1, -0.05) is 60.0 Å². The van der Waals surface area contributed by atoms with Crippen LogP contribution in [0, 0.1) is 52.3 Å². The smallest absolute Gasteiger partial charge is 0.155 e. The Hall–Kier alpha value is -0.590. The molecule has 0 aromatic heterocycles. The van der Waals surface area contributed by atoms with Gasteiger partial charge < -0.3 is 0 Å². The Morgan fingerprint density at radius 1 is 0.931 bits per heavy atom. The van der Waals surface area contributed by atoms with E-state index in [1.165, 1.54) is 56.9 Å². The fourth-order valence-corrected chi connectivity index (χ4v) is 8.59. The van der Waals surface area contributed by atoms with Crippen molar-refractivity contribution in [2.45, 2.75) is 106 Å². The van der Waals surface area contributed by atoms with Gasteiger partial charge in [-0.3, -0.25) is 4.79 Å². The highest BCUT2D eigenvalue weighted by Gasteiger charge is 2.59. The summed E-state index contributed by atoms with van der Waals surface area (Å²) in [5, 5.41) is 0. The molecule has 0 saturated heterocycles. The lowest BCUT2D eigenvalue weighted by Gasteiger charge is -2.58. The van der Waals surface area contributed by atoms with Crippen LogP contribution in [0.5, 0.6) is 0 Å². The number of rotatable bonds is 5. The van der Waals surface area contributed by atoms with E-state index < -0.39 is 0 Å². The maximum Gasteiger partial charge on any atom is 0.155 e. The van der Waals surface area contributed by atoms with Gasteiger partial charge in [-0.15, -0.1) is 0 Å². The number of ketones is 1. The van der Waals surface area contributed by atoms with Gasteiger partial charge in [0.05, 0.1) is 0 Å². The van der Waals surface area contributed by atoms with Crippen LogP contribution >= 0.6 is 0 Å². The van der Waals surface area contributed by atoms with Gasteiger partial charge in [0.1, 0.15) is 0 Å². The van der Waals surface area contributed by atoms with E-state index in [4.69, 9.17) is 0 Å². The lowest BCUT2D eigenvalue weighted by atomic mass is 9.46. The summed E-state index contributed by atoms with van der Waals surface area (Å²) in [6.45, 7) is 15.0. The minimum absolute atomic E-state index is 0.328. The quantitative estimate of drug-likeness (QED) is 0.461. The van der Waals surface area contributed by atoms with Gasteiger partial charge in [-0.2, -0.15) is 0 Å². The number of fused-ring (bicyclic) bond motifs is 5. The van der Waals surface area contributed by atoms with Crippen LogP contribution in [-0.4, -0.2) is 5.78 Å². The Labute approximate surface area is 180 Å². The summed E-state index contributed by atoms with van der Waals surface area (Å²) in [7, 11) is 0. The maximum atomic E-state index is 12.0. The first kappa shape index (κ1) is 21.6. The molecule has 4 aliphatic rings. The normalized spacial score (nSPS) is 44.0. The molecule has 0 unspecified atom stereocenters. The predicted molar refractivity (Wildman–Crippen MR) is 123 cm³/mol. The average Bonchev–Trinajstić information content (AvgIpc) is 3.03. The fourth-order valence-electron chi connectivity index (χ4n) is 8.59. The summed E-state index contributed by atoms with van der Waals surface area (Å²) in [5.74, 6) is 6.57. The monoisotopic (exact) mass is 398 g/mol. The predicted octanol–water partition coefficient (Wildman–Crippen LogP) is 7.84. The van der Waals surface area contributed by atoms with Crippen LogP contribution in [0.15, 0.2) is 11.6 Å². The first-order valence-electron chi connectivity index (χ1n) is 12.9. The molecule has 0 aromatic carbocycles. The topological polar surface area (TPSA) is 17.1 Å². The second-order valence-corrected chi connectivity index (χ2v) is 12.5. The number of hydrogen-bond acceptors (Lipinski definition) is 1. The number of carbonyl (C=O) groups is 1. The largest absolute Gasteiger partial charge is 0.295 e. The highest BCUT2D eigenvalue weighted by Crippen LogP contribution is 2.67. The summed E-state index contributed by atoms with van der Waals surface area (Å²) in [6.07, 6.45) is 15.1. The zero-order valence-electron chi connectivity index (χ0n) is 20.1. The molecule has 3 saturated carbocycles. The van der Waals surface area contributed by atoms with Crippen molar-refractivity contribution < 1.29 is 4.79 Å². The van der Waals surface area contributed by atoms with Crippen molar-refractivity contribution in [3.8, 4) is 0 Å². The maximum absolute atomic E-state index is 12.0. The van der Waals surface area contributed by atoms with Crippen LogP contribution in [-0.2, 0) is 4.79 Å². The number of hydrogen-bond donors (Lipinski definition) is 0. The van der Waals surface area contributed by atoms with E-state index in [2.05, 4.69) is 47.6 Å². The zero-order chi connectivity index (χ0) is 21.0.